The number of carbonyl (C=O) groups is 2. The lowest BCUT2D eigenvalue weighted by atomic mass is 10.1. The van der Waals surface area contributed by atoms with Gasteiger partial charge in [-0.05, 0) is 34.5 Å². The number of rotatable bonds is 3. The van der Waals surface area contributed by atoms with Crippen LogP contribution in [0.15, 0.2) is 16.6 Å². The van der Waals surface area contributed by atoms with Crippen molar-refractivity contribution in [1.29, 1.82) is 0 Å². The quantitative estimate of drug-likeness (QED) is 0.723. The number of amides is 1. The fourth-order valence-corrected chi connectivity index (χ4v) is 3.00. The molecule has 0 unspecified atom stereocenters. The number of carbonyl (C=O) groups excluding carboxylic acids is 1. The van der Waals surface area contributed by atoms with Crippen molar-refractivity contribution in [3.05, 3.63) is 22.2 Å². The molecule has 20 heavy (non-hydrogen) atoms. The van der Waals surface area contributed by atoms with Crippen molar-refractivity contribution < 1.29 is 14.7 Å². The van der Waals surface area contributed by atoms with E-state index in [1.807, 2.05) is 4.90 Å². The third-order valence-electron chi connectivity index (χ3n) is 3.29. The van der Waals surface area contributed by atoms with Gasteiger partial charge in [-0.2, -0.15) is 0 Å². The van der Waals surface area contributed by atoms with Crippen molar-refractivity contribution in [3.63, 3.8) is 0 Å². The Bertz CT molecular complexity index is 562. The summed E-state index contributed by atoms with van der Waals surface area (Å²) in [6.07, 6.45) is 0.832. The van der Waals surface area contributed by atoms with Crippen LogP contribution in [0.3, 0.4) is 0 Å². The fraction of sp³-hybridized carbons (Fsp3) is 0.385. The summed E-state index contributed by atoms with van der Waals surface area (Å²) in [7, 11) is 0. The van der Waals surface area contributed by atoms with Crippen LogP contribution in [-0.4, -0.2) is 36.1 Å². The zero-order valence-corrected chi connectivity index (χ0v) is 12.6. The molecule has 1 heterocycles. The van der Waals surface area contributed by atoms with Gasteiger partial charge in [0.25, 0.3) is 0 Å². The second-order valence-corrected chi connectivity index (χ2v) is 5.68. The monoisotopic (exact) mass is 341 g/mol. The molecule has 0 saturated carbocycles. The number of nitrogen functional groups attached to an aromatic ring is 1. The number of anilines is 2. The molecule has 0 spiro atoms. The Morgan fingerprint density at radius 2 is 2.20 bits per heavy atom. The van der Waals surface area contributed by atoms with Crippen LogP contribution in [0, 0.1) is 0 Å². The van der Waals surface area contributed by atoms with Gasteiger partial charge in [0.05, 0.1) is 11.3 Å². The maximum atomic E-state index is 11.1. The summed E-state index contributed by atoms with van der Waals surface area (Å²) >= 11 is 3.41. The van der Waals surface area contributed by atoms with Crippen LogP contribution in [0.2, 0.25) is 0 Å². The first-order chi connectivity index (χ1) is 9.38. The summed E-state index contributed by atoms with van der Waals surface area (Å²) in [6, 6.07) is 3.26. The van der Waals surface area contributed by atoms with Gasteiger partial charge in [0.1, 0.15) is 0 Å². The maximum Gasteiger partial charge on any atom is 0.337 e. The predicted octanol–water partition coefficient (Wildman–Crippen LogP) is 1.44. The third-order valence-corrected chi connectivity index (χ3v) is 3.92. The molecule has 6 nitrogen and oxygen atoms in total. The molecule has 1 atom stereocenters. The molecular formula is C13H16BrN3O3. The Balaban J connectivity index is 2.23. The number of benzene rings is 1. The average Bonchev–Trinajstić information content (AvgIpc) is 2.75. The van der Waals surface area contributed by atoms with E-state index in [0.717, 1.165) is 23.1 Å². The normalized spacial score (nSPS) is 18.1. The first-order valence-electron chi connectivity index (χ1n) is 6.23. The highest BCUT2D eigenvalue weighted by Gasteiger charge is 2.25. The number of nitrogens with zero attached hydrogens (tertiary/aromatic N) is 1. The zero-order valence-electron chi connectivity index (χ0n) is 11.0. The standard InChI is InChI=1S/C13H16BrN3O3/c1-7(18)16-8-2-3-17(6-8)12-4-9(13(19)20)11(15)5-10(12)14/h4-5,8H,2-3,6,15H2,1H3,(H,16,18)(H,19,20)/t8-/m0/s1. The zero-order chi connectivity index (χ0) is 14.9. The number of aromatic carboxylic acids is 1. The summed E-state index contributed by atoms with van der Waals surface area (Å²) in [5.74, 6) is -1.10. The van der Waals surface area contributed by atoms with Gasteiger partial charge in [-0.25, -0.2) is 4.79 Å². The molecule has 1 amide bonds. The minimum Gasteiger partial charge on any atom is -0.478 e. The number of nitrogens with two attached hydrogens (primary N) is 1. The van der Waals surface area contributed by atoms with E-state index in [9.17, 15) is 9.59 Å². The van der Waals surface area contributed by atoms with E-state index >= 15 is 0 Å². The molecule has 0 radical (unpaired) electrons. The molecule has 1 fully saturated rings. The summed E-state index contributed by atoms with van der Waals surface area (Å²) < 4.78 is 0.753. The van der Waals surface area contributed by atoms with Crippen LogP contribution in [0.5, 0.6) is 0 Å². The van der Waals surface area contributed by atoms with E-state index in [1.54, 1.807) is 12.1 Å². The second-order valence-electron chi connectivity index (χ2n) is 4.83. The van der Waals surface area contributed by atoms with Gasteiger partial charge in [0.2, 0.25) is 5.91 Å². The van der Waals surface area contributed by atoms with Crippen molar-refractivity contribution in [3.8, 4) is 0 Å². The Morgan fingerprint density at radius 3 is 2.80 bits per heavy atom. The molecule has 2 rings (SSSR count). The Labute approximate surface area is 125 Å². The first-order valence-corrected chi connectivity index (χ1v) is 7.02. The van der Waals surface area contributed by atoms with Crippen LogP contribution < -0.4 is 16.0 Å². The number of nitrogens with one attached hydrogen (secondary N) is 1. The number of carboxylic acid groups (broad SMARTS) is 1. The van der Waals surface area contributed by atoms with Crippen LogP contribution >= 0.6 is 15.9 Å². The highest BCUT2D eigenvalue weighted by atomic mass is 79.9. The molecule has 1 saturated heterocycles. The molecule has 108 valence electrons. The van der Waals surface area contributed by atoms with E-state index in [-0.39, 0.29) is 23.2 Å². The molecule has 1 aliphatic heterocycles. The molecule has 0 bridgehead atoms. The summed E-state index contributed by atoms with van der Waals surface area (Å²) in [5, 5.41) is 12.0. The largest absolute Gasteiger partial charge is 0.478 e. The molecular weight excluding hydrogens is 326 g/mol. The number of carboxylic acids is 1. The summed E-state index contributed by atoms with van der Waals surface area (Å²) in [6.45, 7) is 2.90. The van der Waals surface area contributed by atoms with Crippen molar-refractivity contribution in [2.24, 2.45) is 0 Å². The lowest BCUT2D eigenvalue weighted by Gasteiger charge is -2.21. The van der Waals surface area contributed by atoms with Gasteiger partial charge in [-0.15, -0.1) is 0 Å². The van der Waals surface area contributed by atoms with Gasteiger partial charge in [-0.1, -0.05) is 0 Å². The SMILES string of the molecule is CC(=O)N[C@H]1CCN(c2cc(C(=O)O)c(N)cc2Br)C1. The van der Waals surface area contributed by atoms with Crippen LogP contribution in [-0.2, 0) is 4.79 Å². The van der Waals surface area contributed by atoms with Gasteiger partial charge in [-0.3, -0.25) is 4.79 Å². The van der Waals surface area contributed by atoms with E-state index in [2.05, 4.69) is 21.2 Å². The van der Waals surface area contributed by atoms with Crippen molar-refractivity contribution in [2.75, 3.05) is 23.7 Å². The Morgan fingerprint density at radius 1 is 1.50 bits per heavy atom. The number of hydrogen-bond donors (Lipinski definition) is 3. The van der Waals surface area contributed by atoms with E-state index in [0.29, 0.717) is 6.54 Å². The molecule has 4 N–H and O–H groups in total. The third kappa shape index (κ3) is 3.04. The van der Waals surface area contributed by atoms with Crippen LogP contribution in [0.25, 0.3) is 0 Å². The molecule has 1 aliphatic rings. The smallest absolute Gasteiger partial charge is 0.337 e. The van der Waals surface area contributed by atoms with E-state index < -0.39 is 5.97 Å². The first kappa shape index (κ1) is 14.6. The predicted molar refractivity (Wildman–Crippen MR) is 79.9 cm³/mol. The molecule has 7 heteroatoms. The van der Waals surface area contributed by atoms with Crippen LogP contribution in [0.4, 0.5) is 11.4 Å². The highest BCUT2D eigenvalue weighted by molar-refractivity contribution is 9.10. The van der Waals surface area contributed by atoms with Crippen molar-refractivity contribution in [2.45, 2.75) is 19.4 Å². The fourth-order valence-electron chi connectivity index (χ4n) is 2.39. The maximum absolute atomic E-state index is 11.1. The lowest BCUT2D eigenvalue weighted by molar-refractivity contribution is -0.119. The van der Waals surface area contributed by atoms with E-state index in [4.69, 9.17) is 10.8 Å². The minimum absolute atomic E-state index is 0.0561. The highest BCUT2D eigenvalue weighted by Crippen LogP contribution is 2.33. The lowest BCUT2D eigenvalue weighted by Crippen LogP contribution is -2.35. The Kier molecular flexibility index (Phi) is 4.17. The van der Waals surface area contributed by atoms with Gasteiger partial charge < -0.3 is 21.1 Å². The summed E-state index contributed by atoms with van der Waals surface area (Å²) in [4.78, 5) is 24.2. The van der Waals surface area contributed by atoms with Crippen molar-refractivity contribution in [1.82, 2.24) is 5.32 Å². The Hall–Kier alpha value is -1.76. The second kappa shape index (κ2) is 5.70. The number of hydrogen-bond acceptors (Lipinski definition) is 4. The van der Waals surface area contributed by atoms with E-state index in [1.165, 1.54) is 6.92 Å². The molecule has 1 aromatic carbocycles. The van der Waals surface area contributed by atoms with Gasteiger partial charge in [0.15, 0.2) is 0 Å². The van der Waals surface area contributed by atoms with Crippen LogP contribution in [0.1, 0.15) is 23.7 Å². The van der Waals surface area contributed by atoms with Gasteiger partial charge >= 0.3 is 5.97 Å². The molecule has 1 aromatic rings. The number of halogens is 1. The molecule has 0 aromatic heterocycles. The molecule has 0 aliphatic carbocycles. The van der Waals surface area contributed by atoms with Crippen molar-refractivity contribution >= 4 is 39.2 Å². The topological polar surface area (TPSA) is 95.7 Å². The minimum atomic E-state index is -1.05. The average molecular weight is 342 g/mol. The summed E-state index contributed by atoms with van der Waals surface area (Å²) in [5.41, 5.74) is 6.80. The van der Waals surface area contributed by atoms with Gasteiger partial charge in [0, 0.05) is 36.2 Å².